The van der Waals surface area contributed by atoms with E-state index >= 15 is 0 Å². The van der Waals surface area contributed by atoms with Gasteiger partial charge in [0.2, 0.25) is 0 Å². The van der Waals surface area contributed by atoms with Gasteiger partial charge >= 0.3 is 0 Å². The highest BCUT2D eigenvalue weighted by Crippen LogP contribution is 2.35. The van der Waals surface area contributed by atoms with Crippen molar-refractivity contribution in [2.24, 2.45) is 4.36 Å². The smallest absolute Gasteiger partial charge is 0.166 e. The number of halogens is 1. The van der Waals surface area contributed by atoms with E-state index in [-0.39, 0.29) is 0 Å². The number of hydrogen-bond acceptors (Lipinski definition) is 4. The van der Waals surface area contributed by atoms with Crippen molar-refractivity contribution in [1.29, 1.82) is 0 Å². The number of rotatable bonds is 1. The molecule has 94 valence electrons. The molecule has 3 nitrogen and oxygen atoms in total. The van der Waals surface area contributed by atoms with Gasteiger partial charge in [0.1, 0.15) is 0 Å². The zero-order valence-corrected chi connectivity index (χ0v) is 12.3. The van der Waals surface area contributed by atoms with E-state index in [2.05, 4.69) is 22.0 Å². The molecule has 0 aliphatic heterocycles. The van der Waals surface area contributed by atoms with Crippen molar-refractivity contribution < 1.29 is 4.79 Å². The minimum atomic E-state index is -1.80. The third kappa shape index (κ3) is 2.54. The number of pyridine rings is 1. The molecule has 1 heterocycles. The summed E-state index contributed by atoms with van der Waals surface area (Å²) < 4.78 is 4.42. The molecular weight excluding hydrogens is 288 g/mol. The van der Waals surface area contributed by atoms with Gasteiger partial charge in [-0.2, -0.15) is 0 Å². The summed E-state index contributed by atoms with van der Waals surface area (Å²) in [5, 5.41) is 4.14. The maximum absolute atomic E-state index is 10.9. The van der Waals surface area contributed by atoms with Crippen LogP contribution in [-0.2, 0) is 14.2 Å². The van der Waals surface area contributed by atoms with Crippen LogP contribution >= 0.6 is 24.2 Å². The number of fused-ring (bicyclic) bond motifs is 1. The minimum Gasteiger partial charge on any atom is -0.262 e. The van der Waals surface area contributed by atoms with Gasteiger partial charge in [-0.15, -0.1) is 12.6 Å². The van der Waals surface area contributed by atoms with E-state index in [0.717, 1.165) is 10.8 Å². The SMILES string of the molecule is CS(C)(=C=O)=Nc1cncc2ccc(S)c(Cl)c12. The fourth-order valence-electron chi connectivity index (χ4n) is 1.53. The van der Waals surface area contributed by atoms with Crippen LogP contribution in [0.5, 0.6) is 0 Å². The Morgan fingerprint density at radius 3 is 2.78 bits per heavy atom. The van der Waals surface area contributed by atoms with Gasteiger partial charge in [-0.1, -0.05) is 27.1 Å². The Morgan fingerprint density at radius 2 is 2.11 bits per heavy atom. The molecule has 6 heteroatoms. The van der Waals surface area contributed by atoms with Crippen molar-refractivity contribution in [1.82, 2.24) is 4.98 Å². The summed E-state index contributed by atoms with van der Waals surface area (Å²) in [6, 6.07) is 3.69. The molecular formula is C12H11ClN2OS2. The lowest BCUT2D eigenvalue weighted by Crippen LogP contribution is -1.92. The van der Waals surface area contributed by atoms with Crippen LogP contribution in [-0.4, -0.2) is 22.7 Å². The van der Waals surface area contributed by atoms with Crippen LogP contribution in [0.15, 0.2) is 33.8 Å². The van der Waals surface area contributed by atoms with Crippen molar-refractivity contribution in [2.75, 3.05) is 12.5 Å². The molecule has 0 N–H and O–H groups in total. The van der Waals surface area contributed by atoms with Gasteiger partial charge in [0, 0.05) is 21.9 Å². The zero-order valence-electron chi connectivity index (χ0n) is 9.85. The maximum Gasteiger partial charge on any atom is 0.166 e. The van der Waals surface area contributed by atoms with Crippen LogP contribution in [0.3, 0.4) is 0 Å². The standard InChI is InChI=1S/C12H11ClN2OS2/c1-18(2,7-16)15-9-6-14-5-8-3-4-10(17)12(13)11(8)9/h3-6,17H,1-2H3. The molecule has 2 rings (SSSR count). The van der Waals surface area contributed by atoms with Gasteiger partial charge in [0.05, 0.1) is 16.9 Å². The van der Waals surface area contributed by atoms with Gasteiger partial charge < -0.3 is 0 Å². The van der Waals surface area contributed by atoms with Crippen molar-refractivity contribution in [3.63, 3.8) is 0 Å². The van der Waals surface area contributed by atoms with Gasteiger partial charge in [0.25, 0.3) is 0 Å². The summed E-state index contributed by atoms with van der Waals surface area (Å²) >= 11 is 10.5. The molecule has 0 aliphatic rings. The fraction of sp³-hybridized carbons (Fsp3) is 0.167. The van der Waals surface area contributed by atoms with Crippen LogP contribution in [0.25, 0.3) is 10.8 Å². The first-order chi connectivity index (χ1) is 8.44. The third-order valence-electron chi connectivity index (χ3n) is 2.35. The minimum absolute atomic E-state index is 0.526. The summed E-state index contributed by atoms with van der Waals surface area (Å²) in [6.45, 7) is 0. The van der Waals surface area contributed by atoms with Gasteiger partial charge in [-0.25, -0.2) is 9.16 Å². The van der Waals surface area contributed by atoms with Crippen LogP contribution < -0.4 is 0 Å². The maximum atomic E-state index is 10.9. The van der Waals surface area contributed by atoms with E-state index in [9.17, 15) is 4.79 Å². The Kier molecular flexibility index (Phi) is 3.69. The van der Waals surface area contributed by atoms with E-state index in [4.69, 9.17) is 11.6 Å². The molecule has 0 aliphatic carbocycles. The third-order valence-corrected chi connectivity index (χ3v) is 4.31. The second kappa shape index (κ2) is 4.94. The molecule has 0 spiro atoms. The van der Waals surface area contributed by atoms with Crippen molar-refractivity contribution in [3.8, 4) is 0 Å². The highest BCUT2D eigenvalue weighted by atomic mass is 35.5. The quantitative estimate of drug-likeness (QED) is 0.647. The number of carbonyl (C=O) groups excluding carboxylic acids is 1. The average molecular weight is 299 g/mol. The first-order valence-corrected chi connectivity index (χ1v) is 8.28. The summed E-state index contributed by atoms with van der Waals surface area (Å²) in [4.78, 5) is 15.7. The molecule has 0 saturated heterocycles. The van der Waals surface area contributed by atoms with Gasteiger partial charge in [-0.05, 0) is 18.6 Å². The molecule has 0 fully saturated rings. The molecule has 0 amide bonds. The summed E-state index contributed by atoms with van der Waals surface area (Å²) in [5.41, 5.74) is 0.608. The monoisotopic (exact) mass is 298 g/mol. The number of nitrogens with zero attached hydrogens (tertiary/aromatic N) is 2. The molecule has 0 radical (unpaired) electrons. The van der Waals surface area contributed by atoms with Crippen LogP contribution in [0.1, 0.15) is 0 Å². The van der Waals surface area contributed by atoms with E-state index in [1.165, 1.54) is 0 Å². The van der Waals surface area contributed by atoms with Crippen LogP contribution in [0, 0.1) is 0 Å². The topological polar surface area (TPSA) is 42.3 Å². The predicted octanol–water partition coefficient (Wildman–Crippen LogP) is 3.47. The van der Waals surface area contributed by atoms with Gasteiger partial charge in [-0.3, -0.25) is 4.98 Å². The Hall–Kier alpha value is -1.000. The average Bonchev–Trinajstić information content (AvgIpc) is 2.34. The second-order valence-corrected chi connectivity index (χ2v) is 7.86. The van der Waals surface area contributed by atoms with E-state index in [0.29, 0.717) is 15.6 Å². The lowest BCUT2D eigenvalue weighted by molar-refractivity contribution is 0.571. The second-order valence-electron chi connectivity index (χ2n) is 4.10. The van der Waals surface area contributed by atoms with E-state index in [1.807, 2.05) is 17.4 Å². The Labute approximate surface area is 116 Å². The Morgan fingerprint density at radius 1 is 1.39 bits per heavy atom. The molecule has 1 aromatic carbocycles. The summed E-state index contributed by atoms with van der Waals surface area (Å²) in [5.74, 6) is 0. The van der Waals surface area contributed by atoms with E-state index < -0.39 is 9.41 Å². The number of aromatic nitrogens is 1. The van der Waals surface area contributed by atoms with Crippen LogP contribution in [0.2, 0.25) is 5.02 Å². The molecule has 0 unspecified atom stereocenters. The molecule has 0 bridgehead atoms. The largest absolute Gasteiger partial charge is 0.262 e. The number of thiol groups is 1. The van der Waals surface area contributed by atoms with Crippen LogP contribution in [0.4, 0.5) is 5.69 Å². The first-order valence-electron chi connectivity index (χ1n) is 5.05. The zero-order chi connectivity index (χ0) is 13.3. The van der Waals surface area contributed by atoms with E-state index in [1.54, 1.807) is 24.9 Å². The lowest BCUT2D eigenvalue weighted by atomic mass is 10.1. The van der Waals surface area contributed by atoms with Crippen molar-refractivity contribution >= 4 is 55.3 Å². The molecule has 18 heavy (non-hydrogen) atoms. The first kappa shape index (κ1) is 13.4. The number of hydrogen-bond donors (Lipinski definition) is 1. The van der Waals surface area contributed by atoms with Crippen molar-refractivity contribution in [2.45, 2.75) is 4.90 Å². The normalized spacial score (nSPS) is 11.3. The lowest BCUT2D eigenvalue weighted by Gasteiger charge is -2.07. The summed E-state index contributed by atoms with van der Waals surface area (Å²) in [6.07, 6.45) is 6.84. The predicted molar refractivity (Wildman–Crippen MR) is 81.0 cm³/mol. The Bertz CT molecular complexity index is 765. The highest BCUT2D eigenvalue weighted by Gasteiger charge is 2.08. The Balaban J connectivity index is 2.94. The fourth-order valence-corrected chi connectivity index (χ4v) is 2.66. The van der Waals surface area contributed by atoms with Crippen molar-refractivity contribution in [3.05, 3.63) is 29.5 Å². The summed E-state index contributed by atoms with van der Waals surface area (Å²) in [7, 11) is -1.80. The number of benzene rings is 1. The highest BCUT2D eigenvalue weighted by molar-refractivity contribution is 8.01. The molecule has 1 aromatic heterocycles. The molecule has 0 saturated carbocycles. The molecule has 2 aromatic rings. The van der Waals surface area contributed by atoms with Gasteiger partial charge in [0.15, 0.2) is 5.23 Å². The molecule has 0 atom stereocenters.